The Bertz CT molecular complexity index is 1280. The zero-order chi connectivity index (χ0) is 26.5. The summed E-state index contributed by atoms with van der Waals surface area (Å²) in [5.41, 5.74) is -3.22. The number of benzene rings is 2. The summed E-state index contributed by atoms with van der Waals surface area (Å²) in [5, 5.41) is 2.70. The third-order valence-electron chi connectivity index (χ3n) is 5.28. The van der Waals surface area contributed by atoms with E-state index in [1.165, 1.54) is 35.4 Å². The van der Waals surface area contributed by atoms with Gasteiger partial charge in [0.2, 0.25) is 11.8 Å². The van der Waals surface area contributed by atoms with Crippen LogP contribution in [0.25, 0.3) is 0 Å². The zero-order valence-electron chi connectivity index (χ0n) is 19.9. The van der Waals surface area contributed by atoms with Crippen LogP contribution in [-0.2, 0) is 12.1 Å². The van der Waals surface area contributed by atoms with Crippen molar-refractivity contribution in [3.63, 3.8) is 0 Å². The van der Waals surface area contributed by atoms with Gasteiger partial charge in [0.15, 0.2) is 12.1 Å². The van der Waals surface area contributed by atoms with Gasteiger partial charge in [0.25, 0.3) is 5.66 Å². The Kier molecular flexibility index (Phi) is 8.63. The van der Waals surface area contributed by atoms with Gasteiger partial charge in [-0.25, -0.2) is 9.37 Å². The Labute approximate surface area is 208 Å². The molecule has 1 heterocycles. The van der Waals surface area contributed by atoms with Gasteiger partial charge in [0, 0.05) is 12.3 Å². The maximum atomic E-state index is 14.3. The lowest BCUT2D eigenvalue weighted by atomic mass is 9.98. The van der Waals surface area contributed by atoms with Gasteiger partial charge >= 0.3 is 0 Å². The molecule has 1 aromatic heterocycles. The van der Waals surface area contributed by atoms with Gasteiger partial charge in [-0.1, -0.05) is 34.7 Å². The lowest BCUT2D eigenvalue weighted by Crippen LogP contribution is -2.11. The molecule has 0 saturated heterocycles. The van der Waals surface area contributed by atoms with Crippen molar-refractivity contribution >= 4 is 32.9 Å². The molecule has 190 valence electrons. The highest BCUT2D eigenvalue weighted by Gasteiger charge is 2.32. The van der Waals surface area contributed by atoms with Crippen LogP contribution in [0.2, 0.25) is 0 Å². The smallest absolute Gasteiger partial charge is 0.290 e. The number of aryl methyl sites for hydroxylation is 1. The molecule has 0 aliphatic carbocycles. The third kappa shape index (κ3) is 6.18. The number of aldehydes is 1. The lowest BCUT2D eigenvalue weighted by Gasteiger charge is -2.18. The Morgan fingerprint density at radius 2 is 2.00 bits per heavy atom. The Morgan fingerprint density at radius 3 is 2.61 bits per heavy atom. The first-order valence-corrected chi connectivity index (χ1v) is 11.6. The minimum absolute atomic E-state index is 0.0583. The first-order valence-electron chi connectivity index (χ1n) is 11.0. The second-order valence-corrected chi connectivity index (χ2v) is 8.63. The summed E-state index contributed by atoms with van der Waals surface area (Å²) in [7, 11) is 2.71. The van der Waals surface area contributed by atoms with Crippen molar-refractivity contribution in [1.82, 2.24) is 9.97 Å². The number of nitrogens with zero attached hydrogens (tertiary/aromatic N) is 2. The van der Waals surface area contributed by atoms with Gasteiger partial charge in [-0.15, -0.1) is 0 Å². The van der Waals surface area contributed by atoms with E-state index in [1.54, 1.807) is 12.1 Å². The van der Waals surface area contributed by atoms with E-state index in [4.69, 9.17) is 9.47 Å². The van der Waals surface area contributed by atoms with Gasteiger partial charge in [0.05, 0.1) is 23.9 Å². The molecular formula is C25H25F3N3O4P. The molecule has 1 unspecified atom stereocenters. The van der Waals surface area contributed by atoms with Crippen molar-refractivity contribution in [3.05, 3.63) is 64.6 Å². The van der Waals surface area contributed by atoms with Crippen LogP contribution in [0.15, 0.2) is 36.5 Å². The van der Waals surface area contributed by atoms with Gasteiger partial charge in [-0.05, 0) is 37.5 Å². The van der Waals surface area contributed by atoms with E-state index in [2.05, 4.69) is 15.3 Å². The van der Waals surface area contributed by atoms with Crippen molar-refractivity contribution in [2.45, 2.75) is 38.8 Å². The zero-order valence-corrected chi connectivity index (χ0v) is 21.1. The van der Waals surface area contributed by atoms with Crippen molar-refractivity contribution in [2.24, 2.45) is 0 Å². The van der Waals surface area contributed by atoms with E-state index in [1.807, 2.05) is 6.92 Å². The fourth-order valence-corrected chi connectivity index (χ4v) is 3.72. The highest BCUT2D eigenvalue weighted by atomic mass is 31.0. The number of nitrogens with one attached hydrogen (secondary N) is 1. The van der Waals surface area contributed by atoms with Crippen molar-refractivity contribution in [1.29, 1.82) is 0 Å². The first kappa shape index (κ1) is 27.1. The van der Waals surface area contributed by atoms with Crippen molar-refractivity contribution in [3.8, 4) is 17.4 Å². The number of anilines is 2. The van der Waals surface area contributed by atoms with Crippen molar-refractivity contribution in [2.75, 3.05) is 12.4 Å². The van der Waals surface area contributed by atoms with Gasteiger partial charge < -0.3 is 14.8 Å². The number of hydrogen-bond acceptors (Lipinski definition) is 7. The van der Waals surface area contributed by atoms with Crippen LogP contribution in [0.1, 0.15) is 58.5 Å². The number of unbranched alkanes of at least 4 members (excludes halogenated alkanes) is 1. The molecule has 0 saturated carbocycles. The number of carbonyl (C=O) groups excluding carboxylic acids is 2. The van der Waals surface area contributed by atoms with E-state index in [0.717, 1.165) is 30.7 Å². The maximum absolute atomic E-state index is 14.3. The normalized spacial score (nSPS) is 11.2. The lowest BCUT2D eigenvalue weighted by molar-refractivity contribution is 0.0996. The number of ketones is 1. The highest BCUT2D eigenvalue weighted by Crippen LogP contribution is 2.42. The topological polar surface area (TPSA) is 90.4 Å². The van der Waals surface area contributed by atoms with Gasteiger partial charge in [0.1, 0.15) is 22.9 Å². The third-order valence-corrected chi connectivity index (χ3v) is 5.59. The van der Waals surface area contributed by atoms with E-state index in [-0.39, 0.29) is 40.0 Å². The van der Waals surface area contributed by atoms with E-state index in [0.29, 0.717) is 12.7 Å². The Hall–Kier alpha value is -3.52. The molecule has 0 bridgehead atoms. The van der Waals surface area contributed by atoms with Gasteiger partial charge in [-0.3, -0.25) is 9.59 Å². The number of aromatic nitrogens is 2. The Morgan fingerprint density at radius 1 is 1.25 bits per heavy atom. The number of rotatable bonds is 11. The van der Waals surface area contributed by atoms with E-state index in [9.17, 15) is 22.8 Å². The second kappa shape index (κ2) is 11.5. The summed E-state index contributed by atoms with van der Waals surface area (Å²) < 4.78 is 53.8. The minimum atomic E-state index is -3.44. The van der Waals surface area contributed by atoms with Crippen LogP contribution >= 0.6 is 9.24 Å². The summed E-state index contributed by atoms with van der Waals surface area (Å²) in [6.45, 7) is 3.39. The average molecular weight is 519 g/mol. The summed E-state index contributed by atoms with van der Waals surface area (Å²) in [5.74, 6) is -1.62. The largest absolute Gasteiger partial charge is 0.495 e. The maximum Gasteiger partial charge on any atom is 0.290 e. The predicted molar refractivity (Wildman–Crippen MR) is 132 cm³/mol. The standard InChI is InChI=1S/C25H25F3N3O4P/c1-4-5-7-15-8-6-9-20(22(15)14(2)33)35-23-17(25(27,28)36)12-29-24(31-23)30-19-11-18(26)16(13-32)10-21(19)34-3/h6,8-13H,4-5,7,36H2,1-3H3,(H,29,30,31). The average Bonchev–Trinajstić information content (AvgIpc) is 2.82. The number of alkyl halides is 2. The van der Waals surface area contributed by atoms with E-state index >= 15 is 0 Å². The molecule has 0 aliphatic heterocycles. The molecule has 0 spiro atoms. The molecule has 1 N–H and O–H groups in total. The fourth-order valence-electron chi connectivity index (χ4n) is 3.52. The van der Waals surface area contributed by atoms with Gasteiger partial charge in [-0.2, -0.15) is 13.8 Å². The van der Waals surface area contributed by atoms with Crippen LogP contribution < -0.4 is 14.8 Å². The highest BCUT2D eigenvalue weighted by molar-refractivity contribution is 7.17. The predicted octanol–water partition coefficient (Wildman–Crippen LogP) is 6.44. The van der Waals surface area contributed by atoms with Crippen LogP contribution in [0.5, 0.6) is 17.4 Å². The molecule has 7 nitrogen and oxygen atoms in total. The van der Waals surface area contributed by atoms with Crippen LogP contribution in [0.4, 0.5) is 24.8 Å². The fraction of sp³-hybridized carbons (Fsp3) is 0.280. The van der Waals surface area contributed by atoms with Crippen LogP contribution in [0.3, 0.4) is 0 Å². The number of ether oxygens (including phenoxy) is 2. The minimum Gasteiger partial charge on any atom is -0.495 e. The molecule has 0 amide bonds. The molecule has 0 radical (unpaired) electrons. The molecule has 2 aromatic carbocycles. The molecule has 0 fully saturated rings. The summed E-state index contributed by atoms with van der Waals surface area (Å²) in [6, 6.07) is 7.14. The molecule has 3 rings (SSSR count). The number of hydrogen-bond donors (Lipinski definition) is 1. The monoisotopic (exact) mass is 519 g/mol. The molecule has 1 atom stereocenters. The molecule has 36 heavy (non-hydrogen) atoms. The molecule has 0 aliphatic rings. The number of halogens is 3. The summed E-state index contributed by atoms with van der Waals surface area (Å²) >= 11 is 0. The quantitative estimate of drug-likeness (QED) is 0.177. The summed E-state index contributed by atoms with van der Waals surface area (Å²) in [4.78, 5) is 31.4. The number of Topliss-reactive ketones (excluding diaryl/α,β-unsaturated/α-hetero) is 1. The van der Waals surface area contributed by atoms with Crippen LogP contribution in [-0.4, -0.2) is 29.1 Å². The number of methoxy groups -OCH3 is 1. The van der Waals surface area contributed by atoms with Crippen LogP contribution in [0, 0.1) is 5.82 Å². The SMILES string of the molecule is CCCCc1cccc(Oc2nc(Nc3cc(F)c(C=O)cc3OC)ncc2C(F)(F)P)c1C(C)=O. The van der Waals surface area contributed by atoms with E-state index < -0.39 is 22.9 Å². The second-order valence-electron chi connectivity index (χ2n) is 7.90. The molecular weight excluding hydrogens is 494 g/mol. The first-order chi connectivity index (χ1) is 17.1. The summed E-state index contributed by atoms with van der Waals surface area (Å²) in [6.07, 6.45) is 3.57. The number of carbonyl (C=O) groups is 2. The van der Waals surface area contributed by atoms with Crippen molar-refractivity contribution < 1.29 is 32.2 Å². The molecule has 3 aromatic rings. The Balaban J connectivity index is 2.07. The molecule has 11 heteroatoms.